The van der Waals surface area contributed by atoms with Crippen LogP contribution < -0.4 is 9.62 Å². The normalized spacial score (nSPS) is 12.7. The first-order chi connectivity index (χ1) is 19.8. The summed E-state index contributed by atoms with van der Waals surface area (Å²) in [4.78, 5) is 40.1. The molecule has 12 heteroatoms. The predicted octanol–water partition coefficient (Wildman–Crippen LogP) is 4.99. The van der Waals surface area contributed by atoms with Crippen molar-refractivity contribution in [2.75, 3.05) is 17.1 Å². The van der Waals surface area contributed by atoms with E-state index in [1.165, 1.54) is 17.0 Å². The van der Waals surface area contributed by atoms with Gasteiger partial charge in [-0.1, -0.05) is 71.4 Å². The summed E-state index contributed by atoms with van der Waals surface area (Å²) >= 11 is 3.41. The Balaban J connectivity index is 2.10. The number of anilines is 1. The Labute approximate surface area is 255 Å². The molecule has 10 nitrogen and oxygen atoms in total. The van der Waals surface area contributed by atoms with E-state index in [-0.39, 0.29) is 36.3 Å². The first kappa shape index (κ1) is 32.7. The third kappa shape index (κ3) is 8.86. The van der Waals surface area contributed by atoms with Crippen molar-refractivity contribution in [3.63, 3.8) is 0 Å². The molecule has 0 unspecified atom stereocenters. The summed E-state index contributed by atoms with van der Waals surface area (Å²) in [7, 11) is -4.06. The summed E-state index contributed by atoms with van der Waals surface area (Å²) in [5.74, 6) is -0.995. The Morgan fingerprint density at radius 2 is 1.67 bits per heavy atom. The van der Waals surface area contributed by atoms with Crippen LogP contribution >= 0.6 is 15.9 Å². The van der Waals surface area contributed by atoms with Crippen molar-refractivity contribution < 1.29 is 22.9 Å². The molecule has 0 aromatic heterocycles. The summed E-state index contributed by atoms with van der Waals surface area (Å²) in [5.41, 5.74) is 1.71. The van der Waals surface area contributed by atoms with E-state index in [4.69, 9.17) is 0 Å². The quantitative estimate of drug-likeness (QED) is 0.204. The lowest BCUT2D eigenvalue weighted by Gasteiger charge is -2.34. The van der Waals surface area contributed by atoms with Gasteiger partial charge in [-0.3, -0.25) is 24.0 Å². The van der Waals surface area contributed by atoms with Crippen LogP contribution in [0.5, 0.6) is 0 Å². The van der Waals surface area contributed by atoms with Crippen molar-refractivity contribution in [1.29, 1.82) is 0 Å². The number of carbonyl (C=O) groups is 2. The highest BCUT2D eigenvalue weighted by Crippen LogP contribution is 2.28. The van der Waals surface area contributed by atoms with Gasteiger partial charge in [0, 0.05) is 35.6 Å². The molecule has 3 aromatic carbocycles. The summed E-state index contributed by atoms with van der Waals surface area (Å²) in [5, 5.41) is 14.4. The Bertz CT molecular complexity index is 1520. The Morgan fingerprint density at radius 1 is 1.02 bits per heavy atom. The second-order valence-electron chi connectivity index (χ2n) is 10.2. The fourth-order valence-electron chi connectivity index (χ4n) is 4.36. The van der Waals surface area contributed by atoms with Gasteiger partial charge in [-0.25, -0.2) is 8.42 Å². The number of halogens is 1. The monoisotopic (exact) mass is 658 g/mol. The van der Waals surface area contributed by atoms with Gasteiger partial charge in [0.2, 0.25) is 21.8 Å². The molecule has 0 aliphatic carbocycles. The van der Waals surface area contributed by atoms with E-state index in [1.54, 1.807) is 6.92 Å². The maximum atomic E-state index is 14.2. The van der Waals surface area contributed by atoms with Gasteiger partial charge in [-0.05, 0) is 49.1 Å². The molecular formula is C30H35BrN4O6S. The number of amides is 2. The van der Waals surface area contributed by atoms with Crippen LogP contribution in [0, 0.1) is 17.0 Å². The standard InChI is InChI=1S/C30H35BrN4O6S/c1-5-22(3)32-30(37)28(17-23-9-7-6-8-10-23)33(19-24-12-14-25(31)15-13-24)29(36)20-34(42(4,40)41)27-18-26(35(38)39)16-11-21(27)2/h6-16,18,22,28H,5,17,19-20H2,1-4H3,(H,32,37)/t22-,28-/m1/s1. The molecule has 0 spiro atoms. The average molecular weight is 660 g/mol. The minimum atomic E-state index is -4.06. The first-order valence-corrected chi connectivity index (χ1v) is 16.0. The number of nitrogens with one attached hydrogen (secondary N) is 1. The Morgan fingerprint density at radius 3 is 2.24 bits per heavy atom. The number of nitro groups is 1. The largest absolute Gasteiger partial charge is 0.352 e. The average Bonchev–Trinajstić information content (AvgIpc) is 2.94. The molecule has 0 bridgehead atoms. The highest BCUT2D eigenvalue weighted by Gasteiger charge is 2.34. The fourth-order valence-corrected chi connectivity index (χ4v) is 5.52. The van der Waals surface area contributed by atoms with Gasteiger partial charge in [0.1, 0.15) is 12.6 Å². The zero-order valence-corrected chi connectivity index (χ0v) is 26.4. The third-order valence-corrected chi connectivity index (χ3v) is 8.54. The number of sulfonamides is 1. The minimum Gasteiger partial charge on any atom is -0.352 e. The molecule has 3 rings (SSSR count). The molecule has 0 fully saturated rings. The lowest BCUT2D eigenvalue weighted by Crippen LogP contribution is -2.54. The summed E-state index contributed by atoms with van der Waals surface area (Å²) in [6.45, 7) is 4.80. The van der Waals surface area contributed by atoms with Crippen LogP contribution in [0.1, 0.15) is 37.0 Å². The van der Waals surface area contributed by atoms with Crippen LogP contribution in [0.25, 0.3) is 0 Å². The van der Waals surface area contributed by atoms with Gasteiger partial charge in [0.25, 0.3) is 5.69 Å². The Hall–Kier alpha value is -3.77. The van der Waals surface area contributed by atoms with Gasteiger partial charge < -0.3 is 10.2 Å². The van der Waals surface area contributed by atoms with Crippen LogP contribution in [-0.2, 0) is 32.6 Å². The van der Waals surface area contributed by atoms with Crippen LogP contribution in [0.4, 0.5) is 11.4 Å². The number of aryl methyl sites for hydroxylation is 1. The van der Waals surface area contributed by atoms with Crippen molar-refractivity contribution in [3.8, 4) is 0 Å². The highest BCUT2D eigenvalue weighted by molar-refractivity contribution is 9.10. The number of rotatable bonds is 13. The fraction of sp³-hybridized carbons (Fsp3) is 0.333. The van der Waals surface area contributed by atoms with Gasteiger partial charge in [-0.2, -0.15) is 0 Å². The number of benzene rings is 3. The topological polar surface area (TPSA) is 130 Å². The number of nitro benzene ring substituents is 1. The number of nitrogens with zero attached hydrogens (tertiary/aromatic N) is 3. The molecule has 3 aromatic rings. The number of hydrogen-bond donors (Lipinski definition) is 1. The van der Waals surface area contributed by atoms with Crippen molar-refractivity contribution in [1.82, 2.24) is 10.2 Å². The van der Waals surface area contributed by atoms with E-state index in [9.17, 15) is 28.1 Å². The summed E-state index contributed by atoms with van der Waals surface area (Å²) in [6.07, 6.45) is 1.81. The van der Waals surface area contributed by atoms with E-state index in [0.717, 1.165) is 32.2 Å². The molecule has 0 saturated heterocycles. The first-order valence-electron chi connectivity index (χ1n) is 13.4. The van der Waals surface area contributed by atoms with Crippen LogP contribution in [0.3, 0.4) is 0 Å². The van der Waals surface area contributed by atoms with Gasteiger partial charge in [0.15, 0.2) is 0 Å². The number of carbonyl (C=O) groups excluding carboxylic acids is 2. The Kier molecular flexibility index (Phi) is 11.2. The van der Waals surface area contributed by atoms with Gasteiger partial charge in [-0.15, -0.1) is 0 Å². The smallest absolute Gasteiger partial charge is 0.271 e. The zero-order chi connectivity index (χ0) is 31.0. The van der Waals surface area contributed by atoms with Crippen molar-refractivity contribution in [2.45, 2.75) is 52.2 Å². The molecule has 2 atom stereocenters. The zero-order valence-electron chi connectivity index (χ0n) is 24.0. The van der Waals surface area contributed by atoms with Crippen LogP contribution in [-0.4, -0.2) is 54.9 Å². The van der Waals surface area contributed by atoms with Crippen molar-refractivity contribution >= 4 is 49.1 Å². The maximum Gasteiger partial charge on any atom is 0.271 e. The highest BCUT2D eigenvalue weighted by atomic mass is 79.9. The molecule has 224 valence electrons. The molecule has 0 radical (unpaired) electrons. The lowest BCUT2D eigenvalue weighted by atomic mass is 10.0. The maximum absolute atomic E-state index is 14.2. The van der Waals surface area contributed by atoms with E-state index >= 15 is 0 Å². The predicted molar refractivity (Wildman–Crippen MR) is 167 cm³/mol. The summed E-state index contributed by atoms with van der Waals surface area (Å²) in [6, 6.07) is 19.3. The molecule has 0 saturated carbocycles. The molecular weight excluding hydrogens is 624 g/mol. The molecule has 2 amide bonds. The van der Waals surface area contributed by atoms with Gasteiger partial charge in [0.05, 0.1) is 16.9 Å². The minimum absolute atomic E-state index is 0.0207. The summed E-state index contributed by atoms with van der Waals surface area (Å²) < 4.78 is 27.7. The van der Waals surface area contributed by atoms with Crippen molar-refractivity contribution in [2.24, 2.45) is 0 Å². The number of non-ortho nitro benzene ring substituents is 1. The number of hydrogen-bond acceptors (Lipinski definition) is 6. The van der Waals surface area contributed by atoms with E-state index in [0.29, 0.717) is 12.0 Å². The molecule has 42 heavy (non-hydrogen) atoms. The van der Waals surface area contributed by atoms with E-state index in [2.05, 4.69) is 21.2 Å². The van der Waals surface area contributed by atoms with Gasteiger partial charge >= 0.3 is 0 Å². The molecule has 1 N–H and O–H groups in total. The molecule has 0 aliphatic rings. The van der Waals surface area contributed by atoms with Crippen molar-refractivity contribution in [3.05, 3.63) is 104 Å². The molecule has 0 aliphatic heterocycles. The van der Waals surface area contributed by atoms with E-state index in [1.807, 2.05) is 68.4 Å². The second-order valence-corrected chi connectivity index (χ2v) is 13.0. The SMILES string of the molecule is CC[C@@H](C)NC(=O)[C@@H](Cc1ccccc1)N(Cc1ccc(Br)cc1)C(=O)CN(c1cc([N+](=O)[O-])ccc1C)S(C)(=O)=O. The lowest BCUT2D eigenvalue weighted by molar-refractivity contribution is -0.384. The molecule has 0 heterocycles. The van der Waals surface area contributed by atoms with Crippen LogP contribution in [0.15, 0.2) is 77.3 Å². The van der Waals surface area contributed by atoms with E-state index < -0.39 is 33.4 Å². The van der Waals surface area contributed by atoms with Crippen LogP contribution in [0.2, 0.25) is 0 Å². The second kappa shape index (κ2) is 14.4. The third-order valence-electron chi connectivity index (χ3n) is 6.89.